The summed E-state index contributed by atoms with van der Waals surface area (Å²) in [6.07, 6.45) is 0. The fraction of sp³-hybridized carbons (Fsp3) is 0.143. The molecule has 0 amide bonds. The van der Waals surface area contributed by atoms with E-state index in [0.717, 1.165) is 5.69 Å². The normalized spacial score (nSPS) is 11.1. The van der Waals surface area contributed by atoms with Gasteiger partial charge in [0.15, 0.2) is 11.6 Å². The van der Waals surface area contributed by atoms with Gasteiger partial charge in [-0.15, -0.1) is 0 Å². The fourth-order valence-electron chi connectivity index (χ4n) is 2.73. The molecule has 0 aliphatic heterocycles. The van der Waals surface area contributed by atoms with Gasteiger partial charge in [0.25, 0.3) is 10.0 Å². The predicted octanol–water partition coefficient (Wildman–Crippen LogP) is 4.37. The minimum Gasteiger partial charge on any atom is -0.494 e. The number of anilines is 2. The zero-order valence-electron chi connectivity index (χ0n) is 15.8. The van der Waals surface area contributed by atoms with Gasteiger partial charge in [0.1, 0.15) is 0 Å². The maximum absolute atomic E-state index is 14.0. The van der Waals surface area contributed by atoms with Crippen LogP contribution in [-0.4, -0.2) is 29.6 Å². The summed E-state index contributed by atoms with van der Waals surface area (Å²) in [6.45, 7) is 0. The van der Waals surface area contributed by atoms with Crippen molar-refractivity contribution < 1.29 is 17.5 Å². The molecule has 3 aromatic rings. The molecule has 1 N–H and O–H groups in total. The second-order valence-electron chi connectivity index (χ2n) is 6.42. The molecule has 28 heavy (non-hydrogen) atoms. The van der Waals surface area contributed by atoms with E-state index in [1.807, 2.05) is 31.1 Å². The Morgan fingerprint density at radius 1 is 0.929 bits per heavy atom. The van der Waals surface area contributed by atoms with E-state index >= 15 is 0 Å². The zero-order chi connectivity index (χ0) is 20.3. The number of nitrogens with one attached hydrogen (secondary N) is 1. The van der Waals surface area contributed by atoms with Gasteiger partial charge in [-0.2, -0.15) is 0 Å². The number of methoxy groups -OCH3 is 1. The lowest BCUT2D eigenvalue weighted by Crippen LogP contribution is -2.13. The Labute approximate surface area is 164 Å². The van der Waals surface area contributed by atoms with Crippen LogP contribution in [0.4, 0.5) is 15.8 Å². The summed E-state index contributed by atoms with van der Waals surface area (Å²) in [5.41, 5.74) is 2.58. The first-order valence-electron chi connectivity index (χ1n) is 8.54. The number of hydrogen-bond acceptors (Lipinski definition) is 4. The van der Waals surface area contributed by atoms with Gasteiger partial charge in [-0.1, -0.05) is 18.2 Å². The van der Waals surface area contributed by atoms with E-state index in [1.165, 1.54) is 31.4 Å². The summed E-state index contributed by atoms with van der Waals surface area (Å²) < 4.78 is 47.0. The fourth-order valence-corrected chi connectivity index (χ4v) is 3.83. The van der Waals surface area contributed by atoms with Crippen LogP contribution in [-0.2, 0) is 10.0 Å². The van der Waals surface area contributed by atoms with Crippen molar-refractivity contribution in [1.29, 1.82) is 0 Å². The van der Waals surface area contributed by atoms with Crippen LogP contribution in [0, 0.1) is 5.82 Å². The average molecular weight is 400 g/mol. The van der Waals surface area contributed by atoms with Crippen molar-refractivity contribution >= 4 is 21.4 Å². The van der Waals surface area contributed by atoms with Gasteiger partial charge < -0.3 is 9.64 Å². The Bertz CT molecular complexity index is 1080. The molecule has 0 aliphatic carbocycles. The number of sulfonamides is 1. The molecule has 0 bridgehead atoms. The molecule has 0 spiro atoms. The first-order chi connectivity index (χ1) is 13.3. The van der Waals surface area contributed by atoms with Crippen LogP contribution in [0.1, 0.15) is 0 Å². The Morgan fingerprint density at radius 2 is 1.61 bits per heavy atom. The minimum atomic E-state index is -3.78. The predicted molar refractivity (Wildman–Crippen MR) is 110 cm³/mol. The Hall–Kier alpha value is -3.06. The molecule has 0 atom stereocenters. The van der Waals surface area contributed by atoms with E-state index in [9.17, 15) is 12.8 Å². The highest BCUT2D eigenvalue weighted by molar-refractivity contribution is 7.92. The smallest absolute Gasteiger partial charge is 0.261 e. The van der Waals surface area contributed by atoms with Crippen molar-refractivity contribution in [3.63, 3.8) is 0 Å². The van der Waals surface area contributed by atoms with Crippen molar-refractivity contribution in [2.75, 3.05) is 30.8 Å². The highest BCUT2D eigenvalue weighted by Gasteiger charge is 2.16. The number of nitrogens with zero attached hydrogens (tertiary/aromatic N) is 1. The molecule has 0 radical (unpaired) electrons. The molecule has 0 saturated heterocycles. The Kier molecular flexibility index (Phi) is 5.56. The number of rotatable bonds is 6. The lowest BCUT2D eigenvalue weighted by atomic mass is 10.1. The van der Waals surface area contributed by atoms with Crippen LogP contribution in [0.25, 0.3) is 11.1 Å². The Balaban J connectivity index is 1.88. The highest BCUT2D eigenvalue weighted by Crippen LogP contribution is 2.28. The van der Waals surface area contributed by atoms with E-state index in [0.29, 0.717) is 16.8 Å². The molecule has 0 heterocycles. The van der Waals surface area contributed by atoms with E-state index in [2.05, 4.69) is 4.72 Å². The molecular weight excluding hydrogens is 379 g/mol. The third-order valence-corrected chi connectivity index (χ3v) is 5.64. The molecule has 0 saturated carbocycles. The van der Waals surface area contributed by atoms with E-state index in [-0.39, 0.29) is 10.6 Å². The van der Waals surface area contributed by atoms with Crippen molar-refractivity contribution in [3.05, 3.63) is 72.5 Å². The first kappa shape index (κ1) is 19.7. The number of benzene rings is 3. The summed E-state index contributed by atoms with van der Waals surface area (Å²) in [5, 5.41) is 0. The van der Waals surface area contributed by atoms with Crippen LogP contribution < -0.4 is 14.4 Å². The third kappa shape index (κ3) is 4.26. The molecule has 0 fully saturated rings. The lowest BCUT2D eigenvalue weighted by Gasteiger charge is -2.14. The second kappa shape index (κ2) is 7.90. The van der Waals surface area contributed by atoms with Gasteiger partial charge in [0.05, 0.1) is 12.0 Å². The first-order valence-corrected chi connectivity index (χ1v) is 10.0. The van der Waals surface area contributed by atoms with Gasteiger partial charge in [-0.25, -0.2) is 12.8 Å². The number of halogens is 1. The van der Waals surface area contributed by atoms with Gasteiger partial charge >= 0.3 is 0 Å². The number of hydrogen-bond donors (Lipinski definition) is 1. The molecular formula is C21H21FN2O3S. The van der Waals surface area contributed by atoms with Gasteiger partial charge in [-0.05, 0) is 59.7 Å². The van der Waals surface area contributed by atoms with Crippen LogP contribution in [0.5, 0.6) is 5.75 Å². The maximum atomic E-state index is 14.0. The average Bonchev–Trinajstić information content (AvgIpc) is 2.68. The SMILES string of the molecule is COc1ccc(-c2cccc(S(=O)(=O)Nc3ccc(N(C)C)cc3)c2)cc1F. The minimum absolute atomic E-state index is 0.0953. The molecule has 0 aromatic heterocycles. The van der Waals surface area contributed by atoms with Crippen molar-refractivity contribution in [1.82, 2.24) is 0 Å². The van der Waals surface area contributed by atoms with Gasteiger partial charge in [0, 0.05) is 25.5 Å². The second-order valence-corrected chi connectivity index (χ2v) is 8.11. The highest BCUT2D eigenvalue weighted by atomic mass is 32.2. The molecule has 0 aliphatic rings. The standard InChI is InChI=1S/C21H21FN2O3S/c1-24(2)18-10-8-17(9-11-18)23-28(25,26)19-6-4-5-15(13-19)16-7-12-21(27-3)20(22)14-16/h4-14,23H,1-3H3. The lowest BCUT2D eigenvalue weighted by molar-refractivity contribution is 0.386. The molecule has 7 heteroatoms. The van der Waals surface area contributed by atoms with E-state index < -0.39 is 15.8 Å². The van der Waals surface area contributed by atoms with Crippen molar-refractivity contribution in [2.45, 2.75) is 4.90 Å². The Morgan fingerprint density at radius 3 is 2.21 bits per heavy atom. The van der Waals surface area contributed by atoms with Crippen molar-refractivity contribution in [2.24, 2.45) is 0 Å². The van der Waals surface area contributed by atoms with E-state index in [1.54, 1.807) is 30.3 Å². The largest absolute Gasteiger partial charge is 0.494 e. The molecule has 0 unspecified atom stereocenters. The monoisotopic (exact) mass is 400 g/mol. The summed E-state index contributed by atoms with van der Waals surface area (Å²) >= 11 is 0. The van der Waals surface area contributed by atoms with Crippen molar-refractivity contribution in [3.8, 4) is 16.9 Å². The van der Waals surface area contributed by atoms with E-state index in [4.69, 9.17) is 4.74 Å². The summed E-state index contributed by atoms with van der Waals surface area (Å²) in [4.78, 5) is 2.02. The quantitative estimate of drug-likeness (QED) is 0.668. The topological polar surface area (TPSA) is 58.6 Å². The summed E-state index contributed by atoms with van der Waals surface area (Å²) in [6, 6.07) is 17.9. The van der Waals surface area contributed by atoms with Gasteiger partial charge in [-0.3, -0.25) is 4.72 Å². The molecule has 5 nitrogen and oxygen atoms in total. The van der Waals surface area contributed by atoms with Gasteiger partial charge in [0.2, 0.25) is 0 Å². The van der Waals surface area contributed by atoms with Crippen LogP contribution in [0.3, 0.4) is 0 Å². The molecule has 3 aromatic carbocycles. The number of ether oxygens (including phenoxy) is 1. The third-order valence-electron chi connectivity index (χ3n) is 4.27. The summed E-state index contributed by atoms with van der Waals surface area (Å²) in [7, 11) is 1.43. The molecule has 146 valence electrons. The van der Waals surface area contributed by atoms with Crippen LogP contribution in [0.15, 0.2) is 71.6 Å². The maximum Gasteiger partial charge on any atom is 0.261 e. The zero-order valence-corrected chi connectivity index (χ0v) is 16.6. The summed E-state index contributed by atoms with van der Waals surface area (Å²) in [5.74, 6) is -0.372. The van der Waals surface area contributed by atoms with Crippen LogP contribution >= 0.6 is 0 Å². The molecule has 3 rings (SSSR count). The van der Waals surface area contributed by atoms with Crippen LogP contribution in [0.2, 0.25) is 0 Å².